The van der Waals surface area contributed by atoms with E-state index in [-0.39, 0.29) is 44.1 Å². The van der Waals surface area contributed by atoms with E-state index < -0.39 is 6.04 Å². The second kappa shape index (κ2) is 38.1. The SMILES string of the molecule is CCCCCCCC/C=C\CCCCCCCC(=O)OCCN(CCOC(=O)CCCCCCC/C=C\CCCCCCCC)C(=O)C(C)N. The molecule has 1 amide bonds. The number of ether oxygens (including phenoxy) is 2. The lowest BCUT2D eigenvalue weighted by molar-refractivity contribution is -0.148. The smallest absolute Gasteiger partial charge is 0.305 e. The molecule has 7 heteroatoms. The van der Waals surface area contributed by atoms with Gasteiger partial charge < -0.3 is 20.1 Å². The molecule has 0 radical (unpaired) electrons. The summed E-state index contributed by atoms with van der Waals surface area (Å²) in [7, 11) is 0. The van der Waals surface area contributed by atoms with Crippen molar-refractivity contribution >= 4 is 17.8 Å². The molecule has 7 nitrogen and oxygen atoms in total. The Labute approximate surface area is 308 Å². The van der Waals surface area contributed by atoms with Crippen LogP contribution in [0.4, 0.5) is 0 Å². The van der Waals surface area contributed by atoms with Crippen LogP contribution in [0.25, 0.3) is 0 Å². The molecule has 0 aliphatic carbocycles. The zero-order valence-corrected chi connectivity index (χ0v) is 33.1. The van der Waals surface area contributed by atoms with Crippen LogP contribution >= 0.6 is 0 Å². The molecule has 0 saturated heterocycles. The van der Waals surface area contributed by atoms with E-state index in [2.05, 4.69) is 38.2 Å². The zero-order chi connectivity index (χ0) is 36.8. The first-order valence-corrected chi connectivity index (χ1v) is 21.1. The van der Waals surface area contributed by atoms with Crippen molar-refractivity contribution in [2.75, 3.05) is 26.3 Å². The molecule has 0 aliphatic heterocycles. The maximum Gasteiger partial charge on any atom is 0.305 e. The predicted octanol–water partition coefficient (Wildman–Crippen LogP) is 11.3. The summed E-state index contributed by atoms with van der Waals surface area (Å²) < 4.78 is 10.8. The zero-order valence-electron chi connectivity index (χ0n) is 33.1. The largest absolute Gasteiger partial charge is 0.464 e. The van der Waals surface area contributed by atoms with E-state index in [0.717, 1.165) is 51.4 Å². The van der Waals surface area contributed by atoms with Gasteiger partial charge in [0.15, 0.2) is 0 Å². The summed E-state index contributed by atoms with van der Waals surface area (Å²) in [6.07, 6.45) is 41.7. The van der Waals surface area contributed by atoms with Crippen LogP contribution in [0.15, 0.2) is 24.3 Å². The number of esters is 2. The Kier molecular flexibility index (Phi) is 36.5. The van der Waals surface area contributed by atoms with Crippen LogP contribution < -0.4 is 5.73 Å². The van der Waals surface area contributed by atoms with Crippen molar-refractivity contribution in [1.82, 2.24) is 4.90 Å². The fourth-order valence-corrected chi connectivity index (χ4v) is 5.98. The summed E-state index contributed by atoms with van der Waals surface area (Å²) in [5, 5.41) is 0. The third kappa shape index (κ3) is 34.3. The minimum absolute atomic E-state index is 0.116. The summed E-state index contributed by atoms with van der Waals surface area (Å²) in [4.78, 5) is 38.5. The van der Waals surface area contributed by atoms with E-state index >= 15 is 0 Å². The van der Waals surface area contributed by atoms with E-state index in [9.17, 15) is 14.4 Å². The summed E-state index contributed by atoms with van der Waals surface area (Å²) >= 11 is 0. The Balaban J connectivity index is 3.85. The molecular weight excluding hydrogens is 624 g/mol. The number of rotatable bonds is 37. The van der Waals surface area contributed by atoms with Crippen LogP contribution in [-0.2, 0) is 23.9 Å². The average molecular weight is 705 g/mol. The van der Waals surface area contributed by atoms with Gasteiger partial charge in [-0.1, -0.05) is 141 Å². The topological polar surface area (TPSA) is 98.9 Å². The van der Waals surface area contributed by atoms with E-state index in [1.165, 1.54) is 120 Å². The van der Waals surface area contributed by atoms with Gasteiger partial charge >= 0.3 is 11.9 Å². The number of hydrogen-bond donors (Lipinski definition) is 1. The van der Waals surface area contributed by atoms with Crippen molar-refractivity contribution in [2.24, 2.45) is 5.73 Å². The van der Waals surface area contributed by atoms with E-state index in [1.54, 1.807) is 6.92 Å². The molecule has 0 saturated carbocycles. The summed E-state index contributed by atoms with van der Waals surface area (Å²) in [5.74, 6) is -0.712. The van der Waals surface area contributed by atoms with Crippen LogP contribution in [0, 0.1) is 0 Å². The van der Waals surface area contributed by atoms with Crippen LogP contribution in [0.1, 0.15) is 201 Å². The van der Waals surface area contributed by atoms with Crippen molar-refractivity contribution in [2.45, 2.75) is 207 Å². The maximum atomic E-state index is 12.6. The molecule has 0 bridgehead atoms. The molecule has 0 aromatic rings. The minimum atomic E-state index is -0.673. The predicted molar refractivity (Wildman–Crippen MR) is 211 cm³/mol. The monoisotopic (exact) mass is 705 g/mol. The Morgan fingerprint density at radius 1 is 0.500 bits per heavy atom. The van der Waals surface area contributed by atoms with Gasteiger partial charge in [0, 0.05) is 12.8 Å². The normalized spacial score (nSPS) is 12.2. The molecule has 0 rings (SSSR count). The van der Waals surface area contributed by atoms with Gasteiger partial charge in [0.25, 0.3) is 0 Å². The van der Waals surface area contributed by atoms with Crippen LogP contribution in [-0.4, -0.2) is 55.1 Å². The molecule has 292 valence electrons. The van der Waals surface area contributed by atoms with E-state index in [0.29, 0.717) is 12.8 Å². The Bertz CT molecular complexity index is 783. The van der Waals surface area contributed by atoms with E-state index in [4.69, 9.17) is 15.2 Å². The maximum absolute atomic E-state index is 12.6. The first-order chi connectivity index (χ1) is 24.4. The quantitative estimate of drug-likeness (QED) is 0.0392. The highest BCUT2D eigenvalue weighted by Gasteiger charge is 2.18. The van der Waals surface area contributed by atoms with Gasteiger partial charge in [-0.2, -0.15) is 0 Å². The molecule has 2 N–H and O–H groups in total. The molecule has 0 fully saturated rings. The van der Waals surface area contributed by atoms with Crippen LogP contribution in [0.5, 0.6) is 0 Å². The van der Waals surface area contributed by atoms with Gasteiger partial charge in [-0.3, -0.25) is 14.4 Å². The second-order valence-electron chi connectivity index (χ2n) is 14.2. The summed E-state index contributed by atoms with van der Waals surface area (Å²) in [6.45, 7) is 6.86. The highest BCUT2D eigenvalue weighted by atomic mass is 16.5. The third-order valence-electron chi connectivity index (χ3n) is 9.24. The highest BCUT2D eigenvalue weighted by Crippen LogP contribution is 2.12. The van der Waals surface area contributed by atoms with Crippen LogP contribution in [0.3, 0.4) is 0 Å². The van der Waals surface area contributed by atoms with Crippen LogP contribution in [0.2, 0.25) is 0 Å². The second-order valence-corrected chi connectivity index (χ2v) is 14.2. The lowest BCUT2D eigenvalue weighted by Gasteiger charge is -2.24. The lowest BCUT2D eigenvalue weighted by atomic mass is 10.1. The number of nitrogens with two attached hydrogens (primary N) is 1. The van der Waals surface area contributed by atoms with Crippen molar-refractivity contribution in [1.29, 1.82) is 0 Å². The van der Waals surface area contributed by atoms with Crippen molar-refractivity contribution in [3.05, 3.63) is 24.3 Å². The fourth-order valence-electron chi connectivity index (χ4n) is 5.98. The first kappa shape index (κ1) is 47.8. The van der Waals surface area contributed by atoms with Crippen molar-refractivity contribution < 1.29 is 23.9 Å². The Hall–Kier alpha value is -2.15. The minimum Gasteiger partial charge on any atom is -0.464 e. The Morgan fingerprint density at radius 3 is 1.12 bits per heavy atom. The average Bonchev–Trinajstić information content (AvgIpc) is 3.10. The molecule has 0 heterocycles. The fraction of sp³-hybridized carbons (Fsp3) is 0.837. The number of carbonyl (C=O) groups excluding carboxylic acids is 3. The molecular formula is C43H80N2O5. The number of carbonyl (C=O) groups is 3. The number of unbranched alkanes of at least 4 members (excludes halogenated alkanes) is 22. The van der Waals surface area contributed by atoms with Gasteiger partial charge in [0.2, 0.25) is 5.91 Å². The van der Waals surface area contributed by atoms with Gasteiger partial charge in [-0.15, -0.1) is 0 Å². The van der Waals surface area contributed by atoms with Gasteiger partial charge in [-0.25, -0.2) is 0 Å². The summed E-state index contributed by atoms with van der Waals surface area (Å²) in [6, 6.07) is -0.673. The standard InChI is InChI=1S/C43H80N2O5/c1-4-6-8-10-12-14-16-18-20-22-24-26-28-30-32-34-41(46)49-38-36-45(43(48)40(3)44)37-39-50-42(47)35-33-31-29-27-25-23-21-19-17-15-13-11-9-7-5-2/h18-21,40H,4-17,22-39,44H2,1-3H3/b20-18-,21-19-. The van der Waals surface area contributed by atoms with E-state index in [1.807, 2.05) is 0 Å². The molecule has 1 atom stereocenters. The number of amides is 1. The number of hydrogen-bond acceptors (Lipinski definition) is 6. The van der Waals surface area contributed by atoms with Gasteiger partial charge in [-0.05, 0) is 71.1 Å². The van der Waals surface area contributed by atoms with Gasteiger partial charge in [0.05, 0.1) is 19.1 Å². The molecule has 0 aliphatic rings. The lowest BCUT2D eigenvalue weighted by Crippen LogP contribution is -2.45. The number of nitrogens with zero attached hydrogens (tertiary/aromatic N) is 1. The molecule has 0 spiro atoms. The first-order valence-electron chi connectivity index (χ1n) is 21.1. The van der Waals surface area contributed by atoms with Crippen molar-refractivity contribution in [3.63, 3.8) is 0 Å². The number of allylic oxidation sites excluding steroid dienone is 4. The highest BCUT2D eigenvalue weighted by molar-refractivity contribution is 5.81. The Morgan fingerprint density at radius 2 is 0.800 bits per heavy atom. The third-order valence-corrected chi connectivity index (χ3v) is 9.24. The van der Waals surface area contributed by atoms with Crippen molar-refractivity contribution in [3.8, 4) is 0 Å². The van der Waals surface area contributed by atoms with Gasteiger partial charge in [0.1, 0.15) is 13.2 Å². The molecule has 50 heavy (non-hydrogen) atoms. The summed E-state index contributed by atoms with van der Waals surface area (Å²) in [5.41, 5.74) is 5.83. The molecule has 1 unspecified atom stereocenters. The molecule has 0 aromatic carbocycles. The molecule has 0 aromatic heterocycles.